The van der Waals surface area contributed by atoms with Crippen LogP contribution < -0.4 is 20.1 Å². The average Bonchev–Trinajstić information content (AvgIpc) is 3.30. The van der Waals surface area contributed by atoms with Gasteiger partial charge in [-0.15, -0.1) is 0 Å². The molecule has 2 N–H and O–H groups in total. The molecule has 1 aromatic heterocycles. The quantitative estimate of drug-likeness (QED) is 0.448. The molecule has 168 valence electrons. The van der Waals surface area contributed by atoms with E-state index in [1.54, 1.807) is 6.20 Å². The third kappa shape index (κ3) is 7.14. The molecule has 2 heterocycles. The molecule has 1 aliphatic heterocycles. The van der Waals surface area contributed by atoms with Gasteiger partial charge in [0.15, 0.2) is 5.96 Å². The minimum Gasteiger partial charge on any atom is -0.493 e. The van der Waals surface area contributed by atoms with Crippen LogP contribution in [0.1, 0.15) is 37.0 Å². The number of aliphatic imine (C=N–C) groups is 1. The molecule has 7 heteroatoms. The third-order valence-electron chi connectivity index (χ3n) is 5.05. The SMILES string of the molecule is CCNC(=NCc1cccnc1OCC)NCc1ccc(C)cc1OCC1CCOC1. The lowest BCUT2D eigenvalue weighted by molar-refractivity contribution is 0.166. The van der Waals surface area contributed by atoms with Gasteiger partial charge in [-0.05, 0) is 44.9 Å². The van der Waals surface area contributed by atoms with Crippen LogP contribution in [0, 0.1) is 12.8 Å². The smallest absolute Gasteiger partial charge is 0.218 e. The van der Waals surface area contributed by atoms with E-state index in [0.29, 0.717) is 38.1 Å². The monoisotopic (exact) mass is 426 g/mol. The van der Waals surface area contributed by atoms with E-state index >= 15 is 0 Å². The van der Waals surface area contributed by atoms with Crippen molar-refractivity contribution in [3.63, 3.8) is 0 Å². The minimum absolute atomic E-state index is 0.472. The number of aromatic nitrogens is 1. The van der Waals surface area contributed by atoms with Gasteiger partial charge in [0, 0.05) is 42.9 Å². The third-order valence-corrected chi connectivity index (χ3v) is 5.05. The van der Waals surface area contributed by atoms with E-state index in [-0.39, 0.29) is 0 Å². The van der Waals surface area contributed by atoms with Crippen LogP contribution in [0.25, 0.3) is 0 Å². The van der Waals surface area contributed by atoms with Gasteiger partial charge in [0.1, 0.15) is 5.75 Å². The fourth-order valence-corrected chi connectivity index (χ4v) is 3.36. The van der Waals surface area contributed by atoms with E-state index in [1.165, 1.54) is 5.56 Å². The molecule has 2 aromatic rings. The van der Waals surface area contributed by atoms with Crippen molar-refractivity contribution >= 4 is 5.96 Å². The number of rotatable bonds is 10. The summed E-state index contributed by atoms with van der Waals surface area (Å²) in [6.07, 6.45) is 2.80. The Labute approximate surface area is 185 Å². The molecule has 1 atom stereocenters. The number of guanidine groups is 1. The second-order valence-corrected chi connectivity index (χ2v) is 7.60. The second kappa shape index (κ2) is 12.2. The summed E-state index contributed by atoms with van der Waals surface area (Å²) >= 11 is 0. The lowest BCUT2D eigenvalue weighted by Crippen LogP contribution is -2.37. The van der Waals surface area contributed by atoms with E-state index in [9.17, 15) is 0 Å². The molecule has 1 aromatic carbocycles. The van der Waals surface area contributed by atoms with E-state index in [0.717, 1.165) is 49.0 Å². The Morgan fingerprint density at radius 2 is 2.10 bits per heavy atom. The molecule has 1 fully saturated rings. The van der Waals surface area contributed by atoms with Crippen molar-refractivity contribution < 1.29 is 14.2 Å². The van der Waals surface area contributed by atoms with Crippen molar-refractivity contribution in [2.45, 2.75) is 40.3 Å². The Morgan fingerprint density at radius 3 is 2.87 bits per heavy atom. The van der Waals surface area contributed by atoms with Crippen molar-refractivity contribution in [3.8, 4) is 11.6 Å². The van der Waals surface area contributed by atoms with Crippen LogP contribution in [0.4, 0.5) is 0 Å². The number of nitrogens with zero attached hydrogens (tertiary/aromatic N) is 2. The molecular formula is C24H34N4O3. The maximum atomic E-state index is 6.16. The lowest BCUT2D eigenvalue weighted by atomic mass is 10.1. The standard InChI is InChI=1S/C24H34N4O3/c1-4-25-24(28-15-21-7-6-11-26-23(21)30-5-2)27-14-20-9-8-18(3)13-22(20)31-17-19-10-12-29-16-19/h6-9,11,13,19H,4-5,10,12,14-17H2,1-3H3,(H2,25,27,28). The fourth-order valence-electron chi connectivity index (χ4n) is 3.36. The van der Waals surface area contributed by atoms with Crippen LogP contribution >= 0.6 is 0 Å². The van der Waals surface area contributed by atoms with Gasteiger partial charge >= 0.3 is 0 Å². The number of nitrogens with one attached hydrogen (secondary N) is 2. The van der Waals surface area contributed by atoms with Gasteiger partial charge in [-0.2, -0.15) is 0 Å². The number of pyridine rings is 1. The molecule has 1 unspecified atom stereocenters. The Bertz CT molecular complexity index is 850. The van der Waals surface area contributed by atoms with Gasteiger partial charge in [0.05, 0.1) is 26.4 Å². The highest BCUT2D eigenvalue weighted by Crippen LogP contribution is 2.23. The zero-order chi connectivity index (χ0) is 21.9. The number of hydrogen-bond donors (Lipinski definition) is 2. The van der Waals surface area contributed by atoms with Gasteiger partial charge in [0.2, 0.25) is 5.88 Å². The van der Waals surface area contributed by atoms with Gasteiger partial charge in [-0.3, -0.25) is 0 Å². The van der Waals surface area contributed by atoms with Crippen LogP contribution in [0.3, 0.4) is 0 Å². The summed E-state index contributed by atoms with van der Waals surface area (Å²) < 4.78 is 17.2. The molecule has 0 spiro atoms. The van der Waals surface area contributed by atoms with Crippen LogP contribution in [0.2, 0.25) is 0 Å². The highest BCUT2D eigenvalue weighted by Gasteiger charge is 2.17. The first-order valence-corrected chi connectivity index (χ1v) is 11.1. The summed E-state index contributed by atoms with van der Waals surface area (Å²) in [5, 5.41) is 6.72. The van der Waals surface area contributed by atoms with Crippen LogP contribution in [0.15, 0.2) is 41.5 Å². The number of benzene rings is 1. The first-order valence-electron chi connectivity index (χ1n) is 11.1. The zero-order valence-electron chi connectivity index (χ0n) is 18.8. The van der Waals surface area contributed by atoms with E-state index < -0.39 is 0 Å². The Morgan fingerprint density at radius 1 is 1.19 bits per heavy atom. The predicted octanol–water partition coefficient (Wildman–Crippen LogP) is 3.46. The number of ether oxygens (including phenoxy) is 3. The maximum absolute atomic E-state index is 6.16. The second-order valence-electron chi connectivity index (χ2n) is 7.60. The Kier molecular flexibility index (Phi) is 8.97. The van der Waals surface area contributed by atoms with Crippen molar-refractivity contribution in [2.24, 2.45) is 10.9 Å². The summed E-state index contributed by atoms with van der Waals surface area (Å²) in [4.78, 5) is 9.02. The Balaban J connectivity index is 1.64. The molecule has 7 nitrogen and oxygen atoms in total. The van der Waals surface area contributed by atoms with E-state index in [1.807, 2.05) is 19.1 Å². The van der Waals surface area contributed by atoms with Crippen molar-refractivity contribution in [3.05, 3.63) is 53.2 Å². The highest BCUT2D eigenvalue weighted by molar-refractivity contribution is 5.79. The molecule has 0 bridgehead atoms. The van der Waals surface area contributed by atoms with Gasteiger partial charge in [-0.1, -0.05) is 18.2 Å². The lowest BCUT2D eigenvalue weighted by Gasteiger charge is -2.17. The predicted molar refractivity (Wildman–Crippen MR) is 123 cm³/mol. The van der Waals surface area contributed by atoms with Gasteiger partial charge in [0.25, 0.3) is 0 Å². The Hall–Kier alpha value is -2.80. The summed E-state index contributed by atoms with van der Waals surface area (Å²) in [7, 11) is 0. The molecule has 0 radical (unpaired) electrons. The summed E-state index contributed by atoms with van der Waals surface area (Å²) in [6.45, 7) is 10.8. The number of aryl methyl sites for hydroxylation is 1. The zero-order valence-corrected chi connectivity index (χ0v) is 18.8. The fraction of sp³-hybridized carbons (Fsp3) is 0.500. The van der Waals surface area contributed by atoms with Crippen molar-refractivity contribution in [1.82, 2.24) is 15.6 Å². The highest BCUT2D eigenvalue weighted by atomic mass is 16.5. The summed E-state index contributed by atoms with van der Waals surface area (Å²) in [5.74, 6) is 2.76. The summed E-state index contributed by atoms with van der Waals surface area (Å²) in [5.41, 5.74) is 3.24. The number of hydrogen-bond acceptors (Lipinski definition) is 5. The minimum atomic E-state index is 0.472. The molecule has 0 amide bonds. The molecular weight excluding hydrogens is 392 g/mol. The van der Waals surface area contributed by atoms with Gasteiger partial charge < -0.3 is 24.8 Å². The summed E-state index contributed by atoms with van der Waals surface area (Å²) in [6, 6.07) is 10.2. The van der Waals surface area contributed by atoms with Crippen molar-refractivity contribution in [1.29, 1.82) is 0 Å². The molecule has 31 heavy (non-hydrogen) atoms. The van der Waals surface area contributed by atoms with E-state index in [4.69, 9.17) is 19.2 Å². The van der Waals surface area contributed by atoms with Crippen molar-refractivity contribution in [2.75, 3.05) is 33.0 Å². The molecule has 1 saturated heterocycles. The van der Waals surface area contributed by atoms with Crippen LogP contribution in [-0.4, -0.2) is 43.9 Å². The topological polar surface area (TPSA) is 77.0 Å². The molecule has 0 saturated carbocycles. The normalized spacial score (nSPS) is 16.2. The van der Waals surface area contributed by atoms with E-state index in [2.05, 4.69) is 47.7 Å². The molecule has 1 aliphatic rings. The average molecular weight is 427 g/mol. The molecule has 0 aliphatic carbocycles. The molecule has 3 rings (SSSR count). The maximum Gasteiger partial charge on any atom is 0.218 e. The van der Waals surface area contributed by atoms with Crippen LogP contribution in [-0.2, 0) is 17.8 Å². The first kappa shape index (κ1) is 22.9. The first-order chi connectivity index (χ1) is 15.2. The van der Waals surface area contributed by atoms with Crippen LogP contribution in [0.5, 0.6) is 11.6 Å². The van der Waals surface area contributed by atoms with Gasteiger partial charge in [-0.25, -0.2) is 9.98 Å². The largest absolute Gasteiger partial charge is 0.493 e.